The minimum Gasteiger partial charge on any atom is -0.478 e. The molecule has 1 heterocycles. The minimum atomic E-state index is -3.82. The van der Waals surface area contributed by atoms with Crippen molar-refractivity contribution in [3.05, 3.63) is 40.9 Å². The van der Waals surface area contributed by atoms with E-state index >= 15 is 0 Å². The van der Waals surface area contributed by atoms with Crippen molar-refractivity contribution in [1.82, 2.24) is 19.9 Å². The summed E-state index contributed by atoms with van der Waals surface area (Å²) in [6.45, 7) is 0.0998. The molecule has 0 aliphatic heterocycles. The Kier molecular flexibility index (Phi) is 4.56. The number of hydrogen-bond acceptors (Lipinski definition) is 5. The molecule has 1 aromatic carbocycles. The number of nitrogens with zero attached hydrogens (tertiary/aromatic N) is 2. The zero-order valence-corrected chi connectivity index (χ0v) is 12.1. The van der Waals surface area contributed by atoms with E-state index in [0.29, 0.717) is 12.2 Å². The number of rotatable bonds is 6. The summed E-state index contributed by atoms with van der Waals surface area (Å²) in [6.07, 6.45) is 1.65. The molecule has 2 aromatic rings. The van der Waals surface area contributed by atoms with E-state index in [4.69, 9.17) is 16.7 Å². The normalized spacial score (nSPS) is 11.5. The van der Waals surface area contributed by atoms with Crippen LogP contribution < -0.4 is 4.72 Å². The highest BCUT2D eigenvalue weighted by molar-refractivity contribution is 7.89. The van der Waals surface area contributed by atoms with Gasteiger partial charge in [0.15, 0.2) is 0 Å². The first kappa shape index (κ1) is 15.4. The fourth-order valence-corrected chi connectivity index (χ4v) is 2.83. The van der Waals surface area contributed by atoms with Gasteiger partial charge in [-0.3, -0.25) is 5.10 Å². The fraction of sp³-hybridized carbons (Fsp3) is 0.182. The fourth-order valence-electron chi connectivity index (χ4n) is 1.57. The van der Waals surface area contributed by atoms with Crippen LogP contribution in [0.2, 0.25) is 5.02 Å². The third kappa shape index (κ3) is 3.78. The lowest BCUT2D eigenvalue weighted by Gasteiger charge is -2.07. The molecule has 10 heteroatoms. The molecule has 21 heavy (non-hydrogen) atoms. The van der Waals surface area contributed by atoms with Gasteiger partial charge < -0.3 is 5.11 Å². The van der Waals surface area contributed by atoms with Crippen molar-refractivity contribution >= 4 is 27.6 Å². The molecule has 0 spiro atoms. The SMILES string of the molecule is O=C(O)c1cc(S(=O)(=O)NCCc2ncn[nH]2)ccc1Cl. The van der Waals surface area contributed by atoms with E-state index < -0.39 is 16.0 Å². The Morgan fingerprint density at radius 2 is 2.19 bits per heavy atom. The van der Waals surface area contributed by atoms with Gasteiger partial charge in [-0.05, 0) is 18.2 Å². The second-order valence-corrected chi connectivity index (χ2v) is 6.20. The molecule has 8 nitrogen and oxygen atoms in total. The third-order valence-electron chi connectivity index (χ3n) is 2.60. The summed E-state index contributed by atoms with van der Waals surface area (Å²) in [6, 6.07) is 3.49. The molecule has 0 atom stereocenters. The van der Waals surface area contributed by atoms with Gasteiger partial charge in [-0.1, -0.05) is 11.6 Å². The monoisotopic (exact) mass is 330 g/mol. The molecular formula is C11H11ClN4O4S. The van der Waals surface area contributed by atoms with Crippen molar-refractivity contribution in [2.24, 2.45) is 0 Å². The van der Waals surface area contributed by atoms with Gasteiger partial charge in [0.2, 0.25) is 10.0 Å². The summed E-state index contributed by atoms with van der Waals surface area (Å²) in [4.78, 5) is 14.6. The lowest BCUT2D eigenvalue weighted by atomic mass is 10.2. The van der Waals surface area contributed by atoms with Crippen LogP contribution in [0.15, 0.2) is 29.4 Å². The Morgan fingerprint density at radius 1 is 1.43 bits per heavy atom. The van der Waals surface area contributed by atoms with E-state index in [0.717, 1.165) is 6.07 Å². The summed E-state index contributed by atoms with van der Waals surface area (Å²) in [5.74, 6) is -0.751. The van der Waals surface area contributed by atoms with Crippen LogP contribution in [-0.4, -0.2) is 41.2 Å². The number of aromatic carboxylic acids is 1. The number of nitrogens with one attached hydrogen (secondary N) is 2. The van der Waals surface area contributed by atoms with Crippen LogP contribution in [-0.2, 0) is 16.4 Å². The van der Waals surface area contributed by atoms with Crippen molar-refractivity contribution in [2.45, 2.75) is 11.3 Å². The molecule has 0 fully saturated rings. The molecule has 0 saturated carbocycles. The van der Waals surface area contributed by atoms with Crippen molar-refractivity contribution in [1.29, 1.82) is 0 Å². The third-order valence-corrected chi connectivity index (χ3v) is 4.39. The van der Waals surface area contributed by atoms with E-state index in [-0.39, 0.29) is 22.0 Å². The topological polar surface area (TPSA) is 125 Å². The predicted octanol–water partition coefficient (Wildman–Crippen LogP) is 0.677. The quantitative estimate of drug-likeness (QED) is 0.715. The van der Waals surface area contributed by atoms with Crippen LogP contribution >= 0.6 is 11.6 Å². The van der Waals surface area contributed by atoms with Crippen LogP contribution in [0.25, 0.3) is 0 Å². The van der Waals surface area contributed by atoms with Crippen LogP contribution in [0, 0.1) is 0 Å². The highest BCUT2D eigenvalue weighted by atomic mass is 35.5. The van der Waals surface area contributed by atoms with Crippen LogP contribution in [0.1, 0.15) is 16.2 Å². The van der Waals surface area contributed by atoms with Gasteiger partial charge in [-0.15, -0.1) is 0 Å². The molecule has 0 aliphatic rings. The first-order chi connectivity index (χ1) is 9.90. The lowest BCUT2D eigenvalue weighted by Crippen LogP contribution is -2.26. The number of hydrogen-bond donors (Lipinski definition) is 3. The van der Waals surface area contributed by atoms with E-state index in [1.165, 1.54) is 18.5 Å². The molecule has 0 aliphatic carbocycles. The molecule has 112 valence electrons. The number of H-pyrrole nitrogens is 1. The summed E-state index contributed by atoms with van der Waals surface area (Å²) in [7, 11) is -3.82. The second kappa shape index (κ2) is 6.20. The maximum Gasteiger partial charge on any atom is 0.337 e. The Hall–Kier alpha value is -1.97. The molecule has 0 radical (unpaired) electrons. The Labute approximate surface area is 125 Å². The molecule has 1 aromatic heterocycles. The number of carboxylic acid groups (broad SMARTS) is 1. The second-order valence-electron chi connectivity index (χ2n) is 4.03. The number of carbonyl (C=O) groups is 1. The number of carboxylic acids is 1. The summed E-state index contributed by atoms with van der Waals surface area (Å²) < 4.78 is 26.5. The van der Waals surface area contributed by atoms with Crippen LogP contribution in [0.5, 0.6) is 0 Å². The van der Waals surface area contributed by atoms with Crippen molar-refractivity contribution < 1.29 is 18.3 Å². The Balaban J connectivity index is 2.12. The van der Waals surface area contributed by atoms with Gasteiger partial charge in [-0.25, -0.2) is 22.9 Å². The number of aromatic nitrogens is 3. The van der Waals surface area contributed by atoms with E-state index in [9.17, 15) is 13.2 Å². The zero-order chi connectivity index (χ0) is 15.5. The summed E-state index contributed by atoms with van der Waals surface area (Å²) in [5, 5.41) is 15.2. The smallest absolute Gasteiger partial charge is 0.337 e. The highest BCUT2D eigenvalue weighted by Crippen LogP contribution is 2.20. The number of benzene rings is 1. The first-order valence-corrected chi connectivity index (χ1v) is 7.63. The average molecular weight is 331 g/mol. The standard InChI is InChI=1S/C11H11ClN4O4S/c12-9-2-1-7(5-8(9)11(17)18)21(19,20)15-4-3-10-13-6-14-16-10/h1-2,5-6,15H,3-4H2,(H,17,18)(H,13,14,16). The maximum absolute atomic E-state index is 12.1. The van der Waals surface area contributed by atoms with Crippen molar-refractivity contribution in [3.8, 4) is 0 Å². The molecule has 0 amide bonds. The zero-order valence-electron chi connectivity index (χ0n) is 10.6. The molecular weight excluding hydrogens is 320 g/mol. The van der Waals surface area contributed by atoms with Crippen LogP contribution in [0.3, 0.4) is 0 Å². The molecule has 3 N–H and O–H groups in total. The Morgan fingerprint density at radius 3 is 2.81 bits per heavy atom. The average Bonchev–Trinajstić information content (AvgIpc) is 2.91. The molecule has 0 saturated heterocycles. The largest absolute Gasteiger partial charge is 0.478 e. The molecule has 2 rings (SSSR count). The minimum absolute atomic E-state index is 0.0249. The van der Waals surface area contributed by atoms with Gasteiger partial charge in [0.25, 0.3) is 0 Å². The van der Waals surface area contributed by atoms with Crippen molar-refractivity contribution in [3.63, 3.8) is 0 Å². The van der Waals surface area contributed by atoms with Gasteiger partial charge in [0, 0.05) is 13.0 Å². The lowest BCUT2D eigenvalue weighted by molar-refractivity contribution is 0.0697. The maximum atomic E-state index is 12.1. The number of sulfonamides is 1. The van der Waals surface area contributed by atoms with Crippen molar-refractivity contribution in [2.75, 3.05) is 6.54 Å². The van der Waals surface area contributed by atoms with E-state index in [1.54, 1.807) is 0 Å². The van der Waals surface area contributed by atoms with Gasteiger partial charge in [0.05, 0.1) is 15.5 Å². The van der Waals surface area contributed by atoms with Gasteiger partial charge in [-0.2, -0.15) is 5.10 Å². The van der Waals surface area contributed by atoms with Crippen LogP contribution in [0.4, 0.5) is 0 Å². The van der Waals surface area contributed by atoms with Gasteiger partial charge in [0.1, 0.15) is 12.2 Å². The molecule has 0 unspecified atom stereocenters. The predicted molar refractivity (Wildman–Crippen MR) is 73.7 cm³/mol. The number of halogens is 1. The Bertz CT molecular complexity index is 746. The first-order valence-electron chi connectivity index (χ1n) is 5.77. The van der Waals surface area contributed by atoms with Gasteiger partial charge >= 0.3 is 5.97 Å². The van der Waals surface area contributed by atoms with E-state index in [2.05, 4.69) is 19.9 Å². The van der Waals surface area contributed by atoms with E-state index in [1.807, 2.05) is 0 Å². The molecule has 0 bridgehead atoms. The highest BCUT2D eigenvalue weighted by Gasteiger charge is 2.18. The number of aromatic amines is 1. The summed E-state index contributed by atoms with van der Waals surface area (Å²) >= 11 is 5.70. The summed E-state index contributed by atoms with van der Waals surface area (Å²) in [5.41, 5.74) is -0.269.